The van der Waals surface area contributed by atoms with Crippen LogP contribution in [0.15, 0.2) is 57.5 Å². The number of rotatable bonds is 5. The van der Waals surface area contributed by atoms with Gasteiger partial charge in [0.05, 0.1) is 16.9 Å². The maximum atomic E-state index is 11.3. The minimum absolute atomic E-state index is 0.0228. The smallest absolute Gasteiger partial charge is 0.294 e. The van der Waals surface area contributed by atoms with E-state index in [-0.39, 0.29) is 10.6 Å². The maximum absolute atomic E-state index is 11.3. The van der Waals surface area contributed by atoms with Crippen molar-refractivity contribution >= 4 is 22.7 Å². The third-order valence-corrected chi connectivity index (χ3v) is 5.89. The van der Waals surface area contributed by atoms with Crippen LogP contribution in [0.25, 0.3) is 11.5 Å². The molecule has 0 unspecified atom stereocenters. The highest BCUT2D eigenvalue weighted by molar-refractivity contribution is 7.07. The van der Waals surface area contributed by atoms with Gasteiger partial charge in [0.2, 0.25) is 0 Å². The van der Waals surface area contributed by atoms with Gasteiger partial charge < -0.3 is 8.98 Å². The van der Waals surface area contributed by atoms with Crippen LogP contribution in [0.1, 0.15) is 32.1 Å². The SMILES string of the molecule is O=[N+]([O-])c1ccccc1N=c1scc(-c2ccco2)n1CC1CCCCC1. The van der Waals surface area contributed by atoms with Crippen LogP contribution in [0, 0.1) is 16.0 Å². The molecule has 0 spiro atoms. The molecule has 0 saturated heterocycles. The van der Waals surface area contributed by atoms with E-state index in [1.54, 1.807) is 24.5 Å². The molecule has 2 heterocycles. The van der Waals surface area contributed by atoms with Crippen LogP contribution >= 0.6 is 11.3 Å². The van der Waals surface area contributed by atoms with Gasteiger partial charge in [-0.05, 0) is 37.0 Å². The third-order valence-electron chi connectivity index (χ3n) is 5.03. The van der Waals surface area contributed by atoms with Crippen LogP contribution in [0.4, 0.5) is 11.4 Å². The van der Waals surface area contributed by atoms with Crippen molar-refractivity contribution in [3.8, 4) is 11.5 Å². The summed E-state index contributed by atoms with van der Waals surface area (Å²) in [6.07, 6.45) is 7.93. The molecule has 0 radical (unpaired) electrons. The van der Waals surface area contributed by atoms with Gasteiger partial charge in [0.25, 0.3) is 5.69 Å². The average molecular weight is 383 g/mol. The van der Waals surface area contributed by atoms with Crippen molar-refractivity contribution in [2.24, 2.45) is 10.9 Å². The van der Waals surface area contributed by atoms with E-state index in [9.17, 15) is 10.1 Å². The molecule has 27 heavy (non-hydrogen) atoms. The van der Waals surface area contributed by atoms with Crippen molar-refractivity contribution < 1.29 is 9.34 Å². The second kappa shape index (κ2) is 7.92. The molecule has 0 bridgehead atoms. The van der Waals surface area contributed by atoms with Crippen LogP contribution in [0.5, 0.6) is 0 Å². The Morgan fingerprint density at radius 1 is 1.19 bits per heavy atom. The Morgan fingerprint density at radius 3 is 2.74 bits per heavy atom. The zero-order valence-corrected chi connectivity index (χ0v) is 15.7. The standard InChI is InChI=1S/C20H21N3O3S/c24-23(25)17-10-5-4-9-16(17)21-20-22(13-15-7-2-1-3-8-15)18(14-27-20)19-11-6-12-26-19/h4-6,9-12,14-15H,1-3,7-8,13H2. The van der Waals surface area contributed by atoms with E-state index in [2.05, 4.69) is 9.56 Å². The number of nitro benzene ring substituents is 1. The van der Waals surface area contributed by atoms with Gasteiger partial charge in [0.1, 0.15) is 5.69 Å². The first-order chi connectivity index (χ1) is 13.2. The number of hydrogen-bond acceptors (Lipinski definition) is 5. The van der Waals surface area contributed by atoms with E-state index in [0.717, 1.165) is 22.8 Å². The topological polar surface area (TPSA) is 73.6 Å². The highest BCUT2D eigenvalue weighted by atomic mass is 32.1. The second-order valence-corrected chi connectivity index (χ2v) is 7.69. The van der Waals surface area contributed by atoms with Crippen molar-refractivity contribution in [1.29, 1.82) is 0 Å². The number of para-hydroxylation sites is 2. The number of benzene rings is 1. The molecule has 1 aromatic carbocycles. The lowest BCUT2D eigenvalue weighted by molar-refractivity contribution is -0.384. The Balaban J connectivity index is 1.79. The molecule has 0 amide bonds. The summed E-state index contributed by atoms with van der Waals surface area (Å²) < 4.78 is 7.77. The maximum Gasteiger partial charge on any atom is 0.294 e. The number of aromatic nitrogens is 1. The largest absolute Gasteiger partial charge is 0.463 e. The second-order valence-electron chi connectivity index (χ2n) is 6.85. The van der Waals surface area contributed by atoms with Gasteiger partial charge in [-0.15, -0.1) is 11.3 Å². The molecule has 1 saturated carbocycles. The predicted molar refractivity (Wildman–Crippen MR) is 105 cm³/mol. The fraction of sp³-hybridized carbons (Fsp3) is 0.350. The average Bonchev–Trinajstić information content (AvgIpc) is 3.33. The van der Waals surface area contributed by atoms with Crippen LogP contribution in [0.2, 0.25) is 0 Å². The number of nitro groups is 1. The lowest BCUT2D eigenvalue weighted by Gasteiger charge is -2.22. The first-order valence-electron chi connectivity index (χ1n) is 9.23. The summed E-state index contributed by atoms with van der Waals surface area (Å²) in [6.45, 7) is 0.860. The van der Waals surface area contributed by atoms with Crippen molar-refractivity contribution in [3.63, 3.8) is 0 Å². The molecule has 1 fully saturated rings. The highest BCUT2D eigenvalue weighted by Crippen LogP contribution is 2.29. The molecule has 0 N–H and O–H groups in total. The predicted octanol–water partition coefficient (Wildman–Crippen LogP) is 5.53. The summed E-state index contributed by atoms with van der Waals surface area (Å²) in [7, 11) is 0. The Kier molecular flexibility index (Phi) is 5.20. The summed E-state index contributed by atoms with van der Waals surface area (Å²) in [5.41, 5.74) is 1.38. The van der Waals surface area contributed by atoms with Gasteiger partial charge in [0, 0.05) is 18.0 Å². The number of nitrogens with zero attached hydrogens (tertiary/aromatic N) is 3. The molecule has 140 valence electrons. The van der Waals surface area contributed by atoms with E-state index >= 15 is 0 Å². The normalized spacial score (nSPS) is 15.9. The fourth-order valence-corrected chi connectivity index (χ4v) is 4.57. The van der Waals surface area contributed by atoms with E-state index < -0.39 is 0 Å². The Morgan fingerprint density at radius 2 is 2.00 bits per heavy atom. The minimum Gasteiger partial charge on any atom is -0.463 e. The van der Waals surface area contributed by atoms with Gasteiger partial charge in [0.15, 0.2) is 10.6 Å². The van der Waals surface area contributed by atoms with Crippen LogP contribution in [-0.2, 0) is 6.54 Å². The number of furan rings is 1. The molecule has 6 nitrogen and oxygen atoms in total. The lowest BCUT2D eigenvalue weighted by atomic mass is 9.89. The van der Waals surface area contributed by atoms with E-state index in [1.807, 2.05) is 17.5 Å². The molecule has 1 aliphatic carbocycles. The molecular weight excluding hydrogens is 362 g/mol. The van der Waals surface area contributed by atoms with Gasteiger partial charge in [-0.3, -0.25) is 10.1 Å². The van der Waals surface area contributed by atoms with Gasteiger partial charge in [-0.25, -0.2) is 4.99 Å². The van der Waals surface area contributed by atoms with Gasteiger partial charge in [-0.2, -0.15) is 0 Å². The van der Waals surface area contributed by atoms with Crippen molar-refractivity contribution in [2.45, 2.75) is 38.6 Å². The molecule has 7 heteroatoms. The first-order valence-corrected chi connectivity index (χ1v) is 10.1. The Labute approximate surface area is 161 Å². The van der Waals surface area contributed by atoms with Crippen LogP contribution < -0.4 is 4.80 Å². The lowest BCUT2D eigenvalue weighted by Crippen LogP contribution is -2.22. The quantitative estimate of drug-likeness (QED) is 0.429. The summed E-state index contributed by atoms with van der Waals surface area (Å²) in [6, 6.07) is 10.4. The van der Waals surface area contributed by atoms with Gasteiger partial charge in [-0.1, -0.05) is 31.4 Å². The van der Waals surface area contributed by atoms with Crippen molar-refractivity contribution in [3.05, 3.63) is 63.0 Å². The summed E-state index contributed by atoms with van der Waals surface area (Å²) in [5.74, 6) is 1.40. The molecule has 0 atom stereocenters. The Bertz CT molecular complexity index is 982. The van der Waals surface area contributed by atoms with Crippen molar-refractivity contribution in [1.82, 2.24) is 4.57 Å². The molecule has 0 aliphatic heterocycles. The molecule has 4 rings (SSSR count). The zero-order valence-electron chi connectivity index (χ0n) is 14.9. The summed E-state index contributed by atoms with van der Waals surface area (Å²) in [4.78, 5) is 16.4. The van der Waals surface area contributed by atoms with Crippen LogP contribution in [0.3, 0.4) is 0 Å². The van der Waals surface area contributed by atoms with E-state index in [0.29, 0.717) is 11.6 Å². The monoisotopic (exact) mass is 383 g/mol. The fourth-order valence-electron chi connectivity index (χ4n) is 3.66. The first kappa shape index (κ1) is 17.7. The number of thiazole rings is 1. The Hall–Kier alpha value is -2.67. The van der Waals surface area contributed by atoms with E-state index in [4.69, 9.17) is 4.42 Å². The van der Waals surface area contributed by atoms with Gasteiger partial charge >= 0.3 is 0 Å². The molecule has 3 aromatic rings. The minimum atomic E-state index is -0.384. The molecule has 1 aliphatic rings. The molecular formula is C20H21N3O3S. The van der Waals surface area contributed by atoms with E-state index in [1.165, 1.54) is 49.5 Å². The number of hydrogen-bond donors (Lipinski definition) is 0. The third kappa shape index (κ3) is 3.88. The summed E-state index contributed by atoms with van der Waals surface area (Å²) in [5, 5.41) is 13.4. The molecule has 2 aromatic heterocycles. The summed E-state index contributed by atoms with van der Waals surface area (Å²) >= 11 is 1.49. The highest BCUT2D eigenvalue weighted by Gasteiger charge is 2.19. The van der Waals surface area contributed by atoms with Crippen LogP contribution in [-0.4, -0.2) is 9.49 Å². The van der Waals surface area contributed by atoms with Crippen molar-refractivity contribution in [2.75, 3.05) is 0 Å². The zero-order chi connectivity index (χ0) is 18.6.